The molecule has 3 aliphatic rings. The largest absolute Gasteiger partial charge is 0.487 e. The van der Waals surface area contributed by atoms with Crippen LogP contribution in [0.15, 0.2) is 85.3 Å². The van der Waals surface area contributed by atoms with Crippen molar-refractivity contribution < 1.29 is 14.3 Å². The lowest BCUT2D eigenvalue weighted by atomic mass is 10.00. The van der Waals surface area contributed by atoms with Gasteiger partial charge in [-0.25, -0.2) is 0 Å². The molecule has 8 nitrogen and oxygen atoms in total. The van der Waals surface area contributed by atoms with Crippen molar-refractivity contribution in [2.75, 3.05) is 13.1 Å². The minimum absolute atomic E-state index is 0.0736. The Balaban J connectivity index is 1.17. The fraction of sp³-hybridized carbons (Fsp3) is 0.344. The molecule has 2 aromatic carbocycles. The maximum atomic E-state index is 13.2. The Morgan fingerprint density at radius 3 is 2.70 bits per heavy atom. The molecule has 0 bridgehead atoms. The summed E-state index contributed by atoms with van der Waals surface area (Å²) in [5.41, 5.74) is 4.68. The monoisotopic (exact) mass is 537 g/mol. The standard InChI is InChI=1S/C32H35N5O3/c1-22-9-12-29(31(38)35-22)37-20-25-16-26(10-11-27(25)32(37)39)40-30-21-36(19-24-8-5-14-33-17-24)15-13-28(30)34-18-23-6-3-2-4-7-23/h2-8,10-11,14,16-17,28-30,34H,1,9,12-13,15,18-21H2,(H,35,38). The number of aromatic nitrogens is 1. The third kappa shape index (κ3) is 5.78. The summed E-state index contributed by atoms with van der Waals surface area (Å²) in [4.78, 5) is 34.1. The lowest BCUT2D eigenvalue weighted by Gasteiger charge is -2.39. The lowest BCUT2D eigenvalue weighted by molar-refractivity contribution is -0.126. The van der Waals surface area contributed by atoms with E-state index in [0.29, 0.717) is 30.6 Å². The number of amides is 2. The van der Waals surface area contributed by atoms with Crippen LogP contribution in [0.1, 0.15) is 46.3 Å². The van der Waals surface area contributed by atoms with Crippen LogP contribution in [-0.2, 0) is 24.4 Å². The number of hydrogen-bond donors (Lipinski definition) is 2. The van der Waals surface area contributed by atoms with Crippen LogP contribution in [0, 0.1) is 0 Å². The van der Waals surface area contributed by atoms with Gasteiger partial charge in [-0.3, -0.25) is 19.5 Å². The highest BCUT2D eigenvalue weighted by Crippen LogP contribution is 2.32. The van der Waals surface area contributed by atoms with E-state index in [9.17, 15) is 9.59 Å². The van der Waals surface area contributed by atoms with Crippen molar-refractivity contribution in [1.29, 1.82) is 0 Å². The molecular formula is C32H35N5O3. The van der Waals surface area contributed by atoms with Crippen molar-refractivity contribution in [2.45, 2.75) is 57.1 Å². The van der Waals surface area contributed by atoms with Crippen molar-refractivity contribution in [3.05, 3.63) is 108 Å². The van der Waals surface area contributed by atoms with E-state index in [1.807, 2.05) is 36.5 Å². The fourth-order valence-corrected chi connectivity index (χ4v) is 5.95. The average Bonchev–Trinajstić information content (AvgIpc) is 3.29. The second-order valence-corrected chi connectivity index (χ2v) is 10.9. The summed E-state index contributed by atoms with van der Waals surface area (Å²) in [7, 11) is 0. The molecule has 3 aromatic rings. The number of benzene rings is 2. The second-order valence-electron chi connectivity index (χ2n) is 10.9. The Kier molecular flexibility index (Phi) is 7.62. The van der Waals surface area contributed by atoms with Crippen LogP contribution in [0.4, 0.5) is 0 Å². The lowest BCUT2D eigenvalue weighted by Crippen LogP contribution is -2.54. The minimum atomic E-state index is -0.472. The van der Waals surface area contributed by atoms with E-state index in [1.54, 1.807) is 11.1 Å². The number of carbonyl (C=O) groups excluding carboxylic acids is 2. The zero-order valence-electron chi connectivity index (χ0n) is 22.6. The number of fused-ring (bicyclic) bond motifs is 1. The van der Waals surface area contributed by atoms with Crippen LogP contribution in [0.5, 0.6) is 5.75 Å². The van der Waals surface area contributed by atoms with Gasteiger partial charge in [0.1, 0.15) is 17.9 Å². The van der Waals surface area contributed by atoms with E-state index in [0.717, 1.165) is 43.9 Å². The first-order valence-corrected chi connectivity index (χ1v) is 14.0. The number of carbonyl (C=O) groups is 2. The van der Waals surface area contributed by atoms with Crippen LogP contribution in [0.3, 0.4) is 0 Å². The van der Waals surface area contributed by atoms with Gasteiger partial charge in [-0.15, -0.1) is 0 Å². The van der Waals surface area contributed by atoms with Crippen molar-refractivity contribution >= 4 is 11.8 Å². The normalized spacial score (nSPS) is 23.1. The summed E-state index contributed by atoms with van der Waals surface area (Å²) >= 11 is 0. The molecule has 2 amide bonds. The van der Waals surface area contributed by atoms with Gasteiger partial charge in [0.2, 0.25) is 5.91 Å². The summed E-state index contributed by atoms with van der Waals surface area (Å²) < 4.78 is 6.66. The van der Waals surface area contributed by atoms with Crippen LogP contribution >= 0.6 is 0 Å². The molecular weight excluding hydrogens is 502 g/mol. The van der Waals surface area contributed by atoms with E-state index >= 15 is 0 Å². The van der Waals surface area contributed by atoms with Crippen LogP contribution in [-0.4, -0.2) is 57.9 Å². The molecule has 2 saturated heterocycles. The van der Waals surface area contributed by atoms with Gasteiger partial charge in [-0.05, 0) is 60.2 Å². The number of hydrogen-bond acceptors (Lipinski definition) is 6. The van der Waals surface area contributed by atoms with Crippen LogP contribution < -0.4 is 15.4 Å². The SMILES string of the molecule is C=C1CCC(N2Cc3cc(OC4CN(Cc5cccnc5)CCC4NCc4ccccc4)ccc3C2=O)C(=O)N1. The van der Waals surface area contributed by atoms with Gasteiger partial charge in [-0.1, -0.05) is 43.0 Å². The van der Waals surface area contributed by atoms with E-state index in [-0.39, 0.29) is 24.0 Å². The number of rotatable bonds is 8. The highest BCUT2D eigenvalue weighted by molar-refractivity contribution is 6.01. The number of nitrogens with zero attached hydrogens (tertiary/aromatic N) is 3. The van der Waals surface area contributed by atoms with Crippen LogP contribution in [0.2, 0.25) is 0 Å². The molecule has 8 heteroatoms. The zero-order valence-corrected chi connectivity index (χ0v) is 22.6. The molecule has 1 aromatic heterocycles. The Morgan fingerprint density at radius 2 is 1.90 bits per heavy atom. The quantitative estimate of drug-likeness (QED) is 0.456. The van der Waals surface area contributed by atoms with Gasteiger partial charge in [0.25, 0.3) is 5.91 Å². The molecule has 206 valence electrons. The number of ether oxygens (including phenoxy) is 1. The van der Waals surface area contributed by atoms with Crippen molar-refractivity contribution in [3.63, 3.8) is 0 Å². The summed E-state index contributed by atoms with van der Waals surface area (Å²) in [5, 5.41) is 6.53. The van der Waals surface area contributed by atoms with Gasteiger partial charge in [0.05, 0.1) is 0 Å². The third-order valence-electron chi connectivity index (χ3n) is 8.08. The molecule has 0 aliphatic carbocycles. The molecule has 40 heavy (non-hydrogen) atoms. The van der Waals surface area contributed by atoms with Gasteiger partial charge in [0.15, 0.2) is 0 Å². The topological polar surface area (TPSA) is 86.8 Å². The summed E-state index contributed by atoms with van der Waals surface area (Å²) in [6.07, 6.45) is 5.87. The Labute approximate surface area is 235 Å². The van der Waals surface area contributed by atoms with E-state index in [1.165, 1.54) is 11.1 Å². The molecule has 3 atom stereocenters. The predicted molar refractivity (Wildman–Crippen MR) is 152 cm³/mol. The molecule has 2 fully saturated rings. The van der Waals surface area contributed by atoms with E-state index < -0.39 is 6.04 Å². The molecule has 3 aliphatic heterocycles. The van der Waals surface area contributed by atoms with E-state index in [2.05, 4.69) is 57.4 Å². The summed E-state index contributed by atoms with van der Waals surface area (Å²) in [6.45, 7) is 7.59. The number of allylic oxidation sites excluding steroid dienone is 1. The Morgan fingerprint density at radius 1 is 1.05 bits per heavy atom. The summed E-state index contributed by atoms with van der Waals surface area (Å²) in [5.74, 6) is 0.490. The Hall–Kier alpha value is -4.01. The number of likely N-dealkylation sites (tertiary alicyclic amines) is 1. The van der Waals surface area contributed by atoms with Gasteiger partial charge in [0, 0.05) is 62.4 Å². The first-order valence-electron chi connectivity index (χ1n) is 14.0. The van der Waals surface area contributed by atoms with Gasteiger partial charge >= 0.3 is 0 Å². The minimum Gasteiger partial charge on any atom is -0.487 e. The van der Waals surface area contributed by atoms with Crippen molar-refractivity contribution in [3.8, 4) is 5.75 Å². The predicted octanol–water partition coefficient (Wildman–Crippen LogP) is 3.64. The molecule has 4 heterocycles. The van der Waals surface area contributed by atoms with E-state index in [4.69, 9.17) is 4.74 Å². The zero-order chi connectivity index (χ0) is 27.5. The maximum absolute atomic E-state index is 13.2. The summed E-state index contributed by atoms with van der Waals surface area (Å²) in [6, 6.07) is 19.9. The van der Waals surface area contributed by atoms with Gasteiger partial charge in [-0.2, -0.15) is 0 Å². The first-order chi connectivity index (χ1) is 19.5. The smallest absolute Gasteiger partial charge is 0.255 e. The van der Waals surface area contributed by atoms with Crippen molar-refractivity contribution in [1.82, 2.24) is 25.4 Å². The van der Waals surface area contributed by atoms with Gasteiger partial charge < -0.3 is 20.3 Å². The number of nitrogens with one attached hydrogen (secondary N) is 2. The van der Waals surface area contributed by atoms with Crippen molar-refractivity contribution in [2.24, 2.45) is 0 Å². The molecule has 2 N–H and O–H groups in total. The third-order valence-corrected chi connectivity index (χ3v) is 8.08. The molecule has 0 radical (unpaired) electrons. The Bertz CT molecular complexity index is 1380. The second kappa shape index (κ2) is 11.6. The number of pyridine rings is 1. The number of piperidine rings is 2. The first kappa shape index (κ1) is 26.2. The highest BCUT2D eigenvalue weighted by atomic mass is 16.5. The molecule has 0 spiro atoms. The average molecular weight is 538 g/mol. The molecule has 3 unspecified atom stereocenters. The molecule has 0 saturated carbocycles. The fourth-order valence-electron chi connectivity index (χ4n) is 5.95. The maximum Gasteiger partial charge on any atom is 0.255 e. The molecule has 6 rings (SSSR count). The van der Waals surface area contributed by atoms with Crippen LogP contribution in [0.25, 0.3) is 0 Å². The highest BCUT2D eigenvalue weighted by Gasteiger charge is 2.38.